The fourth-order valence-electron chi connectivity index (χ4n) is 2.00. The van der Waals surface area contributed by atoms with Crippen molar-refractivity contribution in [1.82, 2.24) is 9.62 Å². The molecule has 0 saturated heterocycles. The normalized spacial score (nSPS) is 13.3. The summed E-state index contributed by atoms with van der Waals surface area (Å²) in [5.41, 5.74) is 0. The predicted octanol–water partition coefficient (Wildman–Crippen LogP) is 2.45. The summed E-state index contributed by atoms with van der Waals surface area (Å²) in [5.74, 6) is -0.0159. The van der Waals surface area contributed by atoms with Crippen molar-refractivity contribution in [2.45, 2.75) is 49.8 Å². The van der Waals surface area contributed by atoms with Crippen molar-refractivity contribution in [2.75, 3.05) is 13.6 Å². The van der Waals surface area contributed by atoms with E-state index in [9.17, 15) is 13.2 Å². The van der Waals surface area contributed by atoms with Crippen molar-refractivity contribution in [3.63, 3.8) is 0 Å². The first-order valence-electron chi connectivity index (χ1n) is 7.17. The van der Waals surface area contributed by atoms with Crippen LogP contribution >= 0.6 is 11.3 Å². The zero-order chi connectivity index (χ0) is 15.9. The second kappa shape index (κ2) is 8.51. The van der Waals surface area contributed by atoms with Gasteiger partial charge in [-0.15, -0.1) is 11.3 Å². The van der Waals surface area contributed by atoms with E-state index in [1.54, 1.807) is 24.6 Å². The number of hydrogen-bond donors (Lipinski definition) is 1. The largest absolute Gasteiger partial charge is 0.354 e. The highest BCUT2D eigenvalue weighted by molar-refractivity contribution is 7.91. The highest BCUT2D eigenvalue weighted by Gasteiger charge is 2.21. The van der Waals surface area contributed by atoms with E-state index in [1.807, 2.05) is 6.92 Å². The Morgan fingerprint density at radius 3 is 2.76 bits per heavy atom. The van der Waals surface area contributed by atoms with Crippen LogP contribution in [0.5, 0.6) is 0 Å². The van der Waals surface area contributed by atoms with E-state index in [2.05, 4.69) is 12.2 Å². The standard InChI is InChI=1S/C14H24N2O3S2/c1-4-7-12(2)15-13(17)8-5-10-16(3)21(18,19)14-9-6-11-20-14/h6,9,11-12H,4-5,7-8,10H2,1-3H3,(H,15,17). The van der Waals surface area contributed by atoms with Gasteiger partial charge >= 0.3 is 0 Å². The number of carbonyl (C=O) groups is 1. The summed E-state index contributed by atoms with van der Waals surface area (Å²) >= 11 is 1.20. The van der Waals surface area contributed by atoms with Crippen LogP contribution in [0.3, 0.4) is 0 Å². The minimum absolute atomic E-state index is 0.0159. The summed E-state index contributed by atoms with van der Waals surface area (Å²) in [6.07, 6.45) is 2.85. The summed E-state index contributed by atoms with van der Waals surface area (Å²) in [4.78, 5) is 11.7. The molecule has 0 aliphatic rings. The second-order valence-electron chi connectivity index (χ2n) is 5.12. The second-order valence-corrected chi connectivity index (χ2v) is 8.34. The van der Waals surface area contributed by atoms with Gasteiger partial charge in [-0.1, -0.05) is 19.4 Å². The Morgan fingerprint density at radius 1 is 1.48 bits per heavy atom. The summed E-state index contributed by atoms with van der Waals surface area (Å²) in [7, 11) is -1.86. The molecule has 0 spiro atoms. The Kier molecular flexibility index (Phi) is 7.34. The van der Waals surface area contributed by atoms with Crippen LogP contribution in [0.4, 0.5) is 0 Å². The molecule has 1 N–H and O–H groups in total. The molecule has 5 nitrogen and oxygen atoms in total. The van der Waals surface area contributed by atoms with Gasteiger partial charge in [0.1, 0.15) is 4.21 Å². The van der Waals surface area contributed by atoms with Crippen LogP contribution in [0, 0.1) is 0 Å². The summed E-state index contributed by atoms with van der Waals surface area (Å²) in [6.45, 7) is 4.40. The fourth-order valence-corrected chi connectivity index (χ4v) is 4.41. The number of nitrogens with one attached hydrogen (secondary N) is 1. The number of thiophene rings is 1. The smallest absolute Gasteiger partial charge is 0.252 e. The lowest BCUT2D eigenvalue weighted by Gasteiger charge is -2.16. The molecule has 0 aliphatic carbocycles. The monoisotopic (exact) mass is 332 g/mol. The van der Waals surface area contributed by atoms with Gasteiger partial charge in [0.25, 0.3) is 10.0 Å². The molecule has 0 aromatic carbocycles. The third-order valence-electron chi connectivity index (χ3n) is 3.17. The van der Waals surface area contributed by atoms with Crippen LogP contribution in [-0.2, 0) is 14.8 Å². The zero-order valence-corrected chi connectivity index (χ0v) is 14.5. The number of amides is 1. The SMILES string of the molecule is CCCC(C)NC(=O)CCCN(C)S(=O)(=O)c1cccs1. The van der Waals surface area contributed by atoms with Crippen LogP contribution in [0.2, 0.25) is 0 Å². The van der Waals surface area contributed by atoms with E-state index >= 15 is 0 Å². The number of sulfonamides is 1. The van der Waals surface area contributed by atoms with Crippen LogP contribution in [0.15, 0.2) is 21.7 Å². The van der Waals surface area contributed by atoms with Crippen molar-refractivity contribution in [2.24, 2.45) is 0 Å². The first kappa shape index (κ1) is 18.1. The highest BCUT2D eigenvalue weighted by Crippen LogP contribution is 2.19. The van der Waals surface area contributed by atoms with Gasteiger partial charge in [-0.2, -0.15) is 0 Å². The maximum absolute atomic E-state index is 12.2. The first-order valence-corrected chi connectivity index (χ1v) is 9.49. The van der Waals surface area contributed by atoms with Gasteiger partial charge in [0, 0.05) is 26.1 Å². The van der Waals surface area contributed by atoms with Gasteiger partial charge in [0.15, 0.2) is 0 Å². The molecule has 0 saturated carbocycles. The molecule has 0 bridgehead atoms. The number of carbonyl (C=O) groups excluding carboxylic acids is 1. The lowest BCUT2D eigenvalue weighted by molar-refractivity contribution is -0.121. The fraction of sp³-hybridized carbons (Fsp3) is 0.643. The molecule has 1 atom stereocenters. The molecule has 0 aliphatic heterocycles. The molecule has 1 amide bonds. The Hall–Kier alpha value is -0.920. The van der Waals surface area contributed by atoms with Crippen molar-refractivity contribution < 1.29 is 13.2 Å². The van der Waals surface area contributed by atoms with Crippen LogP contribution < -0.4 is 5.32 Å². The average Bonchev–Trinajstić information content (AvgIpc) is 2.93. The van der Waals surface area contributed by atoms with E-state index < -0.39 is 10.0 Å². The van der Waals surface area contributed by atoms with E-state index in [1.165, 1.54) is 15.6 Å². The van der Waals surface area contributed by atoms with Gasteiger partial charge in [0.05, 0.1) is 0 Å². The summed E-state index contributed by atoms with van der Waals surface area (Å²) in [5, 5.41) is 4.66. The molecular formula is C14H24N2O3S2. The zero-order valence-electron chi connectivity index (χ0n) is 12.8. The summed E-state index contributed by atoms with van der Waals surface area (Å²) in [6, 6.07) is 3.49. The van der Waals surface area contributed by atoms with Crippen LogP contribution in [-0.4, -0.2) is 38.3 Å². The molecule has 21 heavy (non-hydrogen) atoms. The lowest BCUT2D eigenvalue weighted by atomic mass is 10.2. The number of nitrogens with zero attached hydrogens (tertiary/aromatic N) is 1. The Balaban J connectivity index is 2.37. The van der Waals surface area contributed by atoms with Gasteiger partial charge < -0.3 is 5.32 Å². The maximum atomic E-state index is 12.2. The molecule has 1 heterocycles. The van der Waals surface area contributed by atoms with E-state index in [4.69, 9.17) is 0 Å². The first-order chi connectivity index (χ1) is 9.87. The molecule has 0 fully saturated rings. The molecule has 7 heteroatoms. The quantitative estimate of drug-likeness (QED) is 0.755. The number of rotatable bonds is 9. The van der Waals surface area contributed by atoms with E-state index in [-0.39, 0.29) is 11.9 Å². The Morgan fingerprint density at radius 2 is 2.19 bits per heavy atom. The minimum atomic E-state index is -3.41. The molecule has 1 unspecified atom stereocenters. The van der Waals surface area contributed by atoms with Gasteiger partial charge in [-0.3, -0.25) is 4.79 Å². The third kappa shape index (κ3) is 5.76. The molecule has 1 rings (SSSR count). The lowest BCUT2D eigenvalue weighted by Crippen LogP contribution is -2.33. The summed E-state index contributed by atoms with van der Waals surface area (Å²) < 4.78 is 26.0. The Bertz CT molecular complexity index is 526. The molecule has 1 aromatic heterocycles. The van der Waals surface area contributed by atoms with E-state index in [0.29, 0.717) is 23.6 Å². The van der Waals surface area contributed by atoms with Crippen molar-refractivity contribution >= 4 is 27.3 Å². The van der Waals surface area contributed by atoms with Crippen molar-refractivity contribution in [3.8, 4) is 0 Å². The average molecular weight is 332 g/mol. The molecule has 0 radical (unpaired) electrons. The Labute approximate surface area is 131 Å². The number of hydrogen-bond acceptors (Lipinski definition) is 4. The third-order valence-corrected chi connectivity index (χ3v) is 6.40. The van der Waals surface area contributed by atoms with Crippen LogP contribution in [0.25, 0.3) is 0 Å². The maximum Gasteiger partial charge on any atom is 0.252 e. The molecule has 1 aromatic rings. The predicted molar refractivity (Wildman–Crippen MR) is 85.9 cm³/mol. The van der Waals surface area contributed by atoms with Gasteiger partial charge in [0.2, 0.25) is 5.91 Å². The topological polar surface area (TPSA) is 66.5 Å². The van der Waals surface area contributed by atoms with Crippen LogP contribution in [0.1, 0.15) is 39.5 Å². The van der Waals surface area contributed by atoms with Gasteiger partial charge in [-0.25, -0.2) is 12.7 Å². The van der Waals surface area contributed by atoms with Crippen molar-refractivity contribution in [1.29, 1.82) is 0 Å². The van der Waals surface area contributed by atoms with Gasteiger partial charge in [-0.05, 0) is 31.2 Å². The minimum Gasteiger partial charge on any atom is -0.354 e. The highest BCUT2D eigenvalue weighted by atomic mass is 32.2. The molecular weight excluding hydrogens is 308 g/mol. The van der Waals surface area contributed by atoms with Crippen molar-refractivity contribution in [3.05, 3.63) is 17.5 Å². The molecule has 120 valence electrons. The van der Waals surface area contributed by atoms with E-state index in [0.717, 1.165) is 12.8 Å².